The molecule has 4 rings (SSSR count). The minimum absolute atomic E-state index is 0.0943. The highest BCUT2D eigenvalue weighted by Gasteiger charge is 2.24. The van der Waals surface area contributed by atoms with Gasteiger partial charge in [-0.3, -0.25) is 9.59 Å². The zero-order valence-electron chi connectivity index (χ0n) is 16.3. The van der Waals surface area contributed by atoms with Gasteiger partial charge in [0.15, 0.2) is 6.61 Å². The second-order valence-electron chi connectivity index (χ2n) is 6.92. The van der Waals surface area contributed by atoms with E-state index in [9.17, 15) is 14.7 Å². The van der Waals surface area contributed by atoms with Gasteiger partial charge in [-0.05, 0) is 18.2 Å². The molecule has 3 aromatic carbocycles. The number of phenolic OH excluding ortho intramolecular Hbond substituents is 1. The summed E-state index contributed by atoms with van der Waals surface area (Å²) in [5.41, 5.74) is 0.818. The first-order valence-electron chi connectivity index (χ1n) is 9.73. The standard InChI is InChI=1S/C23H22N2O5/c26-21(24-16-6-2-1-3-7-16)15-30-20-14-19(23(28)25-10-12-29-13-11-25)22(27)18-9-5-4-8-17(18)20/h1-9,14,27H,10-13,15H2,(H,24,26). The number of aromatic hydroxyl groups is 1. The first kappa shape index (κ1) is 19.7. The Labute approximate surface area is 173 Å². The number of amides is 2. The summed E-state index contributed by atoms with van der Waals surface area (Å²) in [7, 11) is 0. The van der Waals surface area contributed by atoms with Gasteiger partial charge < -0.3 is 24.8 Å². The predicted molar refractivity (Wildman–Crippen MR) is 113 cm³/mol. The maximum absolute atomic E-state index is 13.0. The van der Waals surface area contributed by atoms with Crippen molar-refractivity contribution in [3.05, 3.63) is 66.2 Å². The van der Waals surface area contributed by atoms with E-state index in [0.29, 0.717) is 48.5 Å². The van der Waals surface area contributed by atoms with Gasteiger partial charge >= 0.3 is 0 Å². The van der Waals surface area contributed by atoms with E-state index < -0.39 is 0 Å². The largest absolute Gasteiger partial charge is 0.506 e. The van der Waals surface area contributed by atoms with Crippen LogP contribution in [0.25, 0.3) is 10.8 Å². The van der Waals surface area contributed by atoms with Gasteiger partial charge in [0, 0.05) is 29.5 Å². The summed E-state index contributed by atoms with van der Waals surface area (Å²) in [5, 5.41) is 14.6. The molecular weight excluding hydrogens is 384 g/mol. The van der Waals surface area contributed by atoms with Crippen LogP contribution < -0.4 is 10.1 Å². The van der Waals surface area contributed by atoms with Gasteiger partial charge in [-0.1, -0.05) is 42.5 Å². The summed E-state index contributed by atoms with van der Waals surface area (Å²) in [6.45, 7) is 1.61. The molecule has 2 N–H and O–H groups in total. The van der Waals surface area contributed by atoms with Crippen molar-refractivity contribution >= 4 is 28.3 Å². The van der Waals surface area contributed by atoms with E-state index in [-0.39, 0.29) is 29.7 Å². The van der Waals surface area contributed by atoms with E-state index in [1.165, 1.54) is 6.07 Å². The quantitative estimate of drug-likeness (QED) is 0.680. The van der Waals surface area contributed by atoms with Crippen LogP contribution in [-0.2, 0) is 9.53 Å². The number of carbonyl (C=O) groups is 2. The normalized spacial score (nSPS) is 13.8. The van der Waals surface area contributed by atoms with Crippen molar-refractivity contribution in [3.63, 3.8) is 0 Å². The third-order valence-electron chi connectivity index (χ3n) is 4.92. The fourth-order valence-corrected chi connectivity index (χ4v) is 3.41. The summed E-state index contributed by atoms with van der Waals surface area (Å²) in [5.74, 6) is -0.342. The number of phenols is 1. The highest BCUT2D eigenvalue weighted by Crippen LogP contribution is 2.36. The van der Waals surface area contributed by atoms with Gasteiger partial charge in [0.25, 0.3) is 11.8 Å². The number of hydrogen-bond donors (Lipinski definition) is 2. The average Bonchev–Trinajstić information content (AvgIpc) is 2.79. The summed E-state index contributed by atoms with van der Waals surface area (Å²) in [4.78, 5) is 26.9. The number of ether oxygens (including phenoxy) is 2. The summed E-state index contributed by atoms with van der Waals surface area (Å²) < 4.78 is 11.1. The summed E-state index contributed by atoms with van der Waals surface area (Å²) in [6.07, 6.45) is 0. The number of nitrogens with one attached hydrogen (secondary N) is 1. The van der Waals surface area contributed by atoms with Crippen molar-refractivity contribution in [2.75, 3.05) is 38.2 Å². The van der Waals surface area contributed by atoms with E-state index in [1.54, 1.807) is 35.2 Å². The van der Waals surface area contributed by atoms with Crippen molar-refractivity contribution in [1.82, 2.24) is 4.90 Å². The summed E-state index contributed by atoms with van der Waals surface area (Å²) in [6, 6.07) is 17.7. The maximum atomic E-state index is 13.0. The SMILES string of the molecule is O=C(COc1cc(C(=O)N2CCOCC2)c(O)c2ccccc12)Nc1ccccc1. The van der Waals surface area contributed by atoms with Crippen molar-refractivity contribution < 1.29 is 24.2 Å². The molecule has 154 valence electrons. The van der Waals surface area contributed by atoms with Crippen molar-refractivity contribution in [2.45, 2.75) is 0 Å². The van der Waals surface area contributed by atoms with Gasteiger partial charge in [0.1, 0.15) is 11.5 Å². The van der Waals surface area contributed by atoms with Crippen LogP contribution in [-0.4, -0.2) is 54.7 Å². The number of hydrogen-bond acceptors (Lipinski definition) is 5. The van der Waals surface area contributed by atoms with Crippen LogP contribution in [0.4, 0.5) is 5.69 Å². The third-order valence-corrected chi connectivity index (χ3v) is 4.92. The molecule has 2 amide bonds. The number of rotatable bonds is 5. The lowest BCUT2D eigenvalue weighted by atomic mass is 10.0. The van der Waals surface area contributed by atoms with E-state index >= 15 is 0 Å². The van der Waals surface area contributed by atoms with Crippen LogP contribution in [0.15, 0.2) is 60.7 Å². The lowest BCUT2D eigenvalue weighted by molar-refractivity contribution is -0.118. The van der Waals surface area contributed by atoms with Crippen LogP contribution in [0, 0.1) is 0 Å². The number of benzene rings is 3. The Bertz CT molecular complexity index is 1060. The predicted octanol–water partition coefficient (Wildman–Crippen LogP) is 3.04. The minimum Gasteiger partial charge on any atom is -0.506 e. The number of para-hydroxylation sites is 1. The Morgan fingerprint density at radius 1 is 1.00 bits per heavy atom. The number of fused-ring (bicyclic) bond motifs is 1. The molecule has 0 atom stereocenters. The molecule has 0 saturated carbocycles. The molecule has 1 fully saturated rings. The molecule has 0 unspecified atom stereocenters. The van der Waals surface area contributed by atoms with Crippen molar-refractivity contribution in [3.8, 4) is 11.5 Å². The average molecular weight is 406 g/mol. The van der Waals surface area contributed by atoms with E-state index in [4.69, 9.17) is 9.47 Å². The zero-order valence-corrected chi connectivity index (χ0v) is 16.3. The van der Waals surface area contributed by atoms with Crippen LogP contribution in [0.3, 0.4) is 0 Å². The van der Waals surface area contributed by atoms with E-state index in [1.807, 2.05) is 24.3 Å². The molecule has 1 aliphatic heterocycles. The second kappa shape index (κ2) is 8.84. The molecule has 0 spiro atoms. The lowest BCUT2D eigenvalue weighted by Crippen LogP contribution is -2.40. The monoisotopic (exact) mass is 406 g/mol. The van der Waals surface area contributed by atoms with Gasteiger partial charge in [-0.15, -0.1) is 0 Å². The Balaban J connectivity index is 1.59. The zero-order chi connectivity index (χ0) is 20.9. The van der Waals surface area contributed by atoms with Crippen molar-refractivity contribution in [2.24, 2.45) is 0 Å². The Kier molecular flexibility index (Phi) is 5.81. The molecular formula is C23H22N2O5. The molecule has 1 aliphatic rings. The molecule has 0 bridgehead atoms. The number of anilines is 1. The lowest BCUT2D eigenvalue weighted by Gasteiger charge is -2.27. The molecule has 0 aliphatic carbocycles. The fourth-order valence-electron chi connectivity index (χ4n) is 3.41. The first-order valence-corrected chi connectivity index (χ1v) is 9.73. The highest BCUT2D eigenvalue weighted by atomic mass is 16.5. The van der Waals surface area contributed by atoms with Crippen LogP contribution >= 0.6 is 0 Å². The fraction of sp³-hybridized carbons (Fsp3) is 0.217. The molecule has 0 radical (unpaired) electrons. The van der Waals surface area contributed by atoms with E-state index in [2.05, 4.69) is 5.32 Å². The third kappa shape index (κ3) is 4.21. The summed E-state index contributed by atoms with van der Waals surface area (Å²) >= 11 is 0. The van der Waals surface area contributed by atoms with Gasteiger partial charge in [0.2, 0.25) is 0 Å². The van der Waals surface area contributed by atoms with Crippen molar-refractivity contribution in [1.29, 1.82) is 0 Å². The maximum Gasteiger partial charge on any atom is 0.262 e. The smallest absolute Gasteiger partial charge is 0.262 e. The topological polar surface area (TPSA) is 88.1 Å². The van der Waals surface area contributed by atoms with Crippen LogP contribution in [0.1, 0.15) is 10.4 Å². The molecule has 1 heterocycles. The Hall–Kier alpha value is -3.58. The minimum atomic E-state index is -0.320. The number of carbonyl (C=O) groups excluding carboxylic acids is 2. The molecule has 7 nitrogen and oxygen atoms in total. The first-order chi connectivity index (χ1) is 14.6. The molecule has 1 saturated heterocycles. The Morgan fingerprint density at radius 2 is 1.67 bits per heavy atom. The van der Waals surface area contributed by atoms with Crippen LogP contribution in [0.5, 0.6) is 11.5 Å². The van der Waals surface area contributed by atoms with Crippen LogP contribution in [0.2, 0.25) is 0 Å². The Morgan fingerprint density at radius 3 is 2.40 bits per heavy atom. The van der Waals surface area contributed by atoms with Gasteiger partial charge in [0.05, 0.1) is 18.8 Å². The number of morpholine rings is 1. The molecule has 7 heteroatoms. The van der Waals surface area contributed by atoms with Gasteiger partial charge in [-0.2, -0.15) is 0 Å². The molecule has 30 heavy (non-hydrogen) atoms. The molecule has 0 aromatic heterocycles. The molecule has 3 aromatic rings. The number of nitrogens with zero attached hydrogens (tertiary/aromatic N) is 1. The van der Waals surface area contributed by atoms with E-state index in [0.717, 1.165) is 0 Å². The highest BCUT2D eigenvalue weighted by molar-refractivity contribution is 6.06. The second-order valence-corrected chi connectivity index (χ2v) is 6.92. The van der Waals surface area contributed by atoms with Gasteiger partial charge in [-0.25, -0.2) is 0 Å².